The van der Waals surface area contributed by atoms with Crippen LogP contribution in [-0.2, 0) is 0 Å². The highest BCUT2D eigenvalue weighted by atomic mass is 31.0. The van der Waals surface area contributed by atoms with Crippen LogP contribution in [0.1, 0.15) is 12.0 Å². The van der Waals surface area contributed by atoms with Crippen LogP contribution in [0.3, 0.4) is 0 Å². The van der Waals surface area contributed by atoms with E-state index in [0.29, 0.717) is 5.66 Å². The zero-order valence-corrected chi connectivity index (χ0v) is 10.1. The third kappa shape index (κ3) is 2.13. The number of benzene rings is 1. The van der Waals surface area contributed by atoms with Crippen LogP contribution in [0.15, 0.2) is 42.5 Å². The summed E-state index contributed by atoms with van der Waals surface area (Å²) in [5, 5.41) is 3.24. The smallest absolute Gasteiger partial charge is 0.0414 e. The van der Waals surface area contributed by atoms with E-state index in [-0.39, 0.29) is 0 Å². The van der Waals surface area contributed by atoms with Gasteiger partial charge in [-0.3, -0.25) is 0 Å². The number of rotatable bonds is 2. The first-order valence-electron chi connectivity index (χ1n) is 5.22. The lowest BCUT2D eigenvalue weighted by molar-refractivity contribution is 1.08. The van der Waals surface area contributed by atoms with Crippen molar-refractivity contribution in [3.8, 4) is 0 Å². The molecule has 2 rings (SSSR count). The molecular weight excluding hydrogens is 201 g/mol. The van der Waals surface area contributed by atoms with Crippen LogP contribution < -0.4 is 5.32 Å². The van der Waals surface area contributed by atoms with E-state index in [9.17, 15) is 0 Å². The van der Waals surface area contributed by atoms with Crippen LogP contribution in [-0.4, -0.2) is 12.7 Å². The quantitative estimate of drug-likeness (QED) is 0.749. The van der Waals surface area contributed by atoms with Crippen molar-refractivity contribution in [2.45, 2.75) is 12.1 Å². The first-order chi connectivity index (χ1) is 7.33. The average Bonchev–Trinajstić information content (AvgIpc) is 2.30. The lowest BCUT2D eigenvalue weighted by Gasteiger charge is -2.19. The molecule has 0 spiro atoms. The summed E-state index contributed by atoms with van der Waals surface area (Å²) in [7, 11) is 4.88. The summed E-state index contributed by atoms with van der Waals surface area (Å²) >= 11 is 0. The summed E-state index contributed by atoms with van der Waals surface area (Å²) in [6.07, 6.45) is 7.66. The fraction of sp³-hybridized carbons (Fsp3) is 0.231. The maximum Gasteiger partial charge on any atom is 0.0414 e. The Morgan fingerprint density at radius 1 is 1.33 bits per heavy atom. The molecule has 0 aromatic heterocycles. The number of anilines is 1. The van der Waals surface area contributed by atoms with E-state index in [1.165, 1.54) is 16.8 Å². The van der Waals surface area contributed by atoms with Crippen LogP contribution in [0.2, 0.25) is 0 Å². The van der Waals surface area contributed by atoms with Gasteiger partial charge in [0, 0.05) is 24.0 Å². The Hall–Kier alpha value is -1.07. The van der Waals surface area contributed by atoms with Crippen LogP contribution in [0.25, 0.3) is 5.57 Å². The van der Waals surface area contributed by atoms with E-state index in [1.54, 1.807) is 0 Å². The topological polar surface area (TPSA) is 12.0 Å². The molecule has 0 radical (unpaired) electrons. The molecule has 0 heterocycles. The molecule has 1 aliphatic carbocycles. The van der Waals surface area contributed by atoms with E-state index in [4.69, 9.17) is 0 Å². The van der Waals surface area contributed by atoms with Gasteiger partial charge in [0.2, 0.25) is 0 Å². The standard InChI is InChI=1S/C13H16NP/c1-14-12-8-4-2-6-10(12)11-7-3-5-9-13(11)15/h2-8,13-14H,9,15H2,1H3. The van der Waals surface area contributed by atoms with Gasteiger partial charge in [-0.05, 0) is 18.1 Å². The Kier molecular flexibility index (Phi) is 3.23. The lowest BCUT2D eigenvalue weighted by Crippen LogP contribution is -2.05. The molecule has 1 aliphatic rings. The normalized spacial score (nSPS) is 19.9. The molecule has 0 saturated heterocycles. The Labute approximate surface area is 93.5 Å². The van der Waals surface area contributed by atoms with E-state index < -0.39 is 0 Å². The van der Waals surface area contributed by atoms with Gasteiger partial charge in [-0.1, -0.05) is 36.4 Å². The van der Waals surface area contributed by atoms with Crippen molar-refractivity contribution in [3.05, 3.63) is 48.1 Å². The van der Waals surface area contributed by atoms with E-state index in [2.05, 4.69) is 57.1 Å². The van der Waals surface area contributed by atoms with Gasteiger partial charge in [0.15, 0.2) is 0 Å². The Bertz CT molecular complexity index is 407. The highest BCUT2D eigenvalue weighted by Crippen LogP contribution is 2.33. The van der Waals surface area contributed by atoms with E-state index in [1.807, 2.05) is 7.05 Å². The van der Waals surface area contributed by atoms with Crippen LogP contribution in [0, 0.1) is 0 Å². The van der Waals surface area contributed by atoms with Gasteiger partial charge in [-0.15, -0.1) is 9.24 Å². The van der Waals surface area contributed by atoms with Crippen LogP contribution in [0.4, 0.5) is 5.69 Å². The van der Waals surface area contributed by atoms with Gasteiger partial charge >= 0.3 is 0 Å². The second-order valence-electron chi connectivity index (χ2n) is 3.69. The zero-order valence-electron chi connectivity index (χ0n) is 8.90. The van der Waals surface area contributed by atoms with E-state index in [0.717, 1.165) is 6.42 Å². The molecule has 15 heavy (non-hydrogen) atoms. The predicted octanol–water partition coefficient (Wildman–Crippen LogP) is 3.32. The molecule has 0 amide bonds. The van der Waals surface area contributed by atoms with Gasteiger partial charge < -0.3 is 5.32 Å². The van der Waals surface area contributed by atoms with Gasteiger partial charge in [-0.2, -0.15) is 0 Å². The maximum absolute atomic E-state index is 3.24. The van der Waals surface area contributed by atoms with Gasteiger partial charge in [-0.25, -0.2) is 0 Å². The van der Waals surface area contributed by atoms with Crippen molar-refractivity contribution in [1.29, 1.82) is 0 Å². The minimum absolute atomic E-state index is 0.532. The highest BCUT2D eigenvalue weighted by molar-refractivity contribution is 7.18. The largest absolute Gasteiger partial charge is 0.388 e. The third-order valence-corrected chi connectivity index (χ3v) is 3.34. The molecule has 2 heteroatoms. The highest BCUT2D eigenvalue weighted by Gasteiger charge is 2.14. The second kappa shape index (κ2) is 4.63. The minimum atomic E-state index is 0.532. The Morgan fingerprint density at radius 2 is 2.13 bits per heavy atom. The van der Waals surface area contributed by atoms with E-state index >= 15 is 0 Å². The lowest BCUT2D eigenvalue weighted by atomic mass is 9.95. The molecule has 0 bridgehead atoms. The summed E-state index contributed by atoms with van der Waals surface area (Å²) < 4.78 is 0. The zero-order chi connectivity index (χ0) is 10.7. The number of hydrogen-bond acceptors (Lipinski definition) is 1. The molecule has 1 aromatic rings. The molecule has 2 unspecified atom stereocenters. The molecule has 0 saturated carbocycles. The molecule has 78 valence electrons. The fourth-order valence-corrected chi connectivity index (χ4v) is 2.34. The molecule has 1 nitrogen and oxygen atoms in total. The molecule has 2 atom stereocenters. The number of allylic oxidation sites excluding steroid dienone is 4. The fourth-order valence-electron chi connectivity index (χ4n) is 1.89. The number of nitrogens with one attached hydrogen (secondary N) is 1. The predicted molar refractivity (Wildman–Crippen MR) is 71.2 cm³/mol. The first-order valence-corrected chi connectivity index (χ1v) is 5.89. The van der Waals surface area contributed by atoms with Crippen molar-refractivity contribution in [3.63, 3.8) is 0 Å². The molecule has 1 aromatic carbocycles. The number of para-hydroxylation sites is 1. The maximum atomic E-state index is 3.24. The summed E-state index contributed by atoms with van der Waals surface area (Å²) in [4.78, 5) is 0. The van der Waals surface area contributed by atoms with Crippen molar-refractivity contribution in [1.82, 2.24) is 0 Å². The Balaban J connectivity index is 2.44. The third-order valence-electron chi connectivity index (χ3n) is 2.71. The summed E-state index contributed by atoms with van der Waals surface area (Å²) in [5.41, 5.74) is 4.44. The summed E-state index contributed by atoms with van der Waals surface area (Å²) in [5.74, 6) is 0. The molecule has 0 aliphatic heterocycles. The Morgan fingerprint density at radius 3 is 2.87 bits per heavy atom. The average molecular weight is 217 g/mol. The van der Waals surface area contributed by atoms with Crippen molar-refractivity contribution < 1.29 is 0 Å². The van der Waals surface area contributed by atoms with Crippen molar-refractivity contribution in [2.75, 3.05) is 12.4 Å². The van der Waals surface area contributed by atoms with Crippen molar-refractivity contribution >= 4 is 20.5 Å². The molecule has 0 fully saturated rings. The summed E-state index contributed by atoms with van der Waals surface area (Å²) in [6, 6.07) is 8.44. The van der Waals surface area contributed by atoms with Crippen molar-refractivity contribution in [2.24, 2.45) is 0 Å². The summed E-state index contributed by atoms with van der Waals surface area (Å²) in [6.45, 7) is 0. The second-order valence-corrected chi connectivity index (χ2v) is 4.49. The van der Waals surface area contributed by atoms with Gasteiger partial charge in [0.25, 0.3) is 0 Å². The van der Waals surface area contributed by atoms with Crippen LogP contribution in [0.5, 0.6) is 0 Å². The molecule has 1 N–H and O–H groups in total. The van der Waals surface area contributed by atoms with Gasteiger partial charge in [0.05, 0.1) is 0 Å². The number of hydrogen-bond donors (Lipinski definition) is 1. The van der Waals surface area contributed by atoms with Crippen LogP contribution >= 0.6 is 9.24 Å². The van der Waals surface area contributed by atoms with Gasteiger partial charge in [0.1, 0.15) is 0 Å². The monoisotopic (exact) mass is 217 g/mol. The minimum Gasteiger partial charge on any atom is -0.388 e. The molecular formula is C13H16NP. The SMILES string of the molecule is CNc1ccccc1C1=CC=CCC1P. The first kappa shape index (κ1) is 10.4.